The Bertz CT molecular complexity index is 1220. The number of aromatic nitrogens is 1. The highest BCUT2D eigenvalue weighted by Gasteiger charge is 2.20. The fourth-order valence-electron chi connectivity index (χ4n) is 4.97. The standard InChI is InChI=1S/C30H33N3O4/c34-29(9-7-27-5-2-17-36-27)33-15-14-32-30(35)25-4-1-3-22(19-25)20-26-21-24(23-10-12-31-13-11-23)6-8-28(26)37-18-16-33/h1,3-4,6,8,10-13,19,21,27H,2,5,7,9,14-18,20H2,(H,32,35). The average Bonchev–Trinajstić information content (AvgIpc) is 3.45. The first-order valence-electron chi connectivity index (χ1n) is 13.1. The van der Waals surface area contributed by atoms with E-state index in [1.807, 2.05) is 48.5 Å². The van der Waals surface area contributed by atoms with E-state index < -0.39 is 0 Å². The van der Waals surface area contributed by atoms with Gasteiger partial charge in [-0.2, -0.15) is 0 Å². The number of benzene rings is 2. The van der Waals surface area contributed by atoms with Gasteiger partial charge >= 0.3 is 0 Å². The normalized spacial score (nSPS) is 18.3. The summed E-state index contributed by atoms with van der Waals surface area (Å²) in [5.74, 6) is 0.722. The molecule has 2 aromatic carbocycles. The Morgan fingerprint density at radius 2 is 1.89 bits per heavy atom. The van der Waals surface area contributed by atoms with Gasteiger partial charge in [0.25, 0.3) is 5.91 Å². The van der Waals surface area contributed by atoms with E-state index in [2.05, 4.69) is 16.4 Å². The van der Waals surface area contributed by atoms with Gasteiger partial charge in [-0.05, 0) is 77.9 Å². The van der Waals surface area contributed by atoms with Crippen LogP contribution < -0.4 is 10.1 Å². The molecule has 2 aliphatic heterocycles. The minimum Gasteiger partial charge on any atom is -0.491 e. The summed E-state index contributed by atoms with van der Waals surface area (Å²) in [5.41, 5.74) is 4.82. The van der Waals surface area contributed by atoms with Crippen molar-refractivity contribution in [2.45, 2.75) is 38.2 Å². The molecule has 2 amide bonds. The molecule has 3 heterocycles. The number of hydrogen-bond acceptors (Lipinski definition) is 5. The van der Waals surface area contributed by atoms with Crippen molar-refractivity contribution in [3.8, 4) is 16.9 Å². The predicted octanol–water partition coefficient (Wildman–Crippen LogP) is 4.25. The van der Waals surface area contributed by atoms with Gasteiger partial charge in [-0.15, -0.1) is 0 Å². The van der Waals surface area contributed by atoms with Crippen LogP contribution in [0.15, 0.2) is 67.0 Å². The van der Waals surface area contributed by atoms with Crippen molar-refractivity contribution >= 4 is 11.8 Å². The first-order chi connectivity index (χ1) is 18.2. The summed E-state index contributed by atoms with van der Waals surface area (Å²) in [6, 6.07) is 17.8. The van der Waals surface area contributed by atoms with Gasteiger partial charge in [0.15, 0.2) is 0 Å². The minimum absolute atomic E-state index is 0.0655. The van der Waals surface area contributed by atoms with Crippen molar-refractivity contribution < 1.29 is 19.1 Å². The third-order valence-corrected chi connectivity index (χ3v) is 7.00. The van der Waals surface area contributed by atoms with E-state index >= 15 is 0 Å². The molecule has 1 atom stereocenters. The monoisotopic (exact) mass is 499 g/mol. The van der Waals surface area contributed by atoms with Crippen LogP contribution in [0.4, 0.5) is 0 Å². The fourth-order valence-corrected chi connectivity index (χ4v) is 4.97. The first kappa shape index (κ1) is 25.0. The summed E-state index contributed by atoms with van der Waals surface area (Å²) in [6.07, 6.45) is 7.61. The van der Waals surface area contributed by atoms with Gasteiger partial charge in [-0.1, -0.05) is 18.2 Å². The highest BCUT2D eigenvalue weighted by molar-refractivity contribution is 5.94. The number of pyridine rings is 1. The molecule has 1 saturated heterocycles. The molecule has 0 radical (unpaired) electrons. The summed E-state index contributed by atoms with van der Waals surface area (Å²) in [5, 5.41) is 2.97. The maximum Gasteiger partial charge on any atom is 0.251 e. The van der Waals surface area contributed by atoms with Gasteiger partial charge < -0.3 is 19.7 Å². The van der Waals surface area contributed by atoms with Gasteiger partial charge in [0.2, 0.25) is 5.91 Å². The van der Waals surface area contributed by atoms with Gasteiger partial charge in [0.1, 0.15) is 12.4 Å². The van der Waals surface area contributed by atoms with Crippen LogP contribution >= 0.6 is 0 Å². The van der Waals surface area contributed by atoms with E-state index in [1.165, 1.54) is 0 Å². The predicted molar refractivity (Wildman–Crippen MR) is 142 cm³/mol. The Hall–Kier alpha value is -3.71. The zero-order valence-electron chi connectivity index (χ0n) is 21.0. The topological polar surface area (TPSA) is 80.8 Å². The van der Waals surface area contributed by atoms with Crippen molar-refractivity contribution in [2.75, 3.05) is 32.8 Å². The molecule has 192 valence electrons. The van der Waals surface area contributed by atoms with Crippen LogP contribution in [0, 0.1) is 0 Å². The van der Waals surface area contributed by atoms with Crippen LogP contribution in [-0.2, 0) is 16.0 Å². The molecule has 0 saturated carbocycles. The number of nitrogens with one attached hydrogen (secondary N) is 1. The molecule has 1 unspecified atom stereocenters. The molecule has 1 aromatic heterocycles. The zero-order chi connectivity index (χ0) is 25.5. The van der Waals surface area contributed by atoms with Gasteiger partial charge in [-0.25, -0.2) is 0 Å². The van der Waals surface area contributed by atoms with E-state index in [0.717, 1.165) is 53.9 Å². The molecule has 0 spiro atoms. The molecule has 7 heteroatoms. The molecular formula is C30H33N3O4. The molecular weight excluding hydrogens is 466 g/mol. The first-order valence-corrected chi connectivity index (χ1v) is 13.1. The molecule has 37 heavy (non-hydrogen) atoms. The second-order valence-electron chi connectivity index (χ2n) is 9.59. The number of hydrogen-bond donors (Lipinski definition) is 1. The molecule has 2 bridgehead atoms. The average molecular weight is 500 g/mol. The van der Waals surface area contributed by atoms with Crippen LogP contribution in [0.3, 0.4) is 0 Å². The molecule has 1 fully saturated rings. The Morgan fingerprint density at radius 3 is 2.73 bits per heavy atom. The van der Waals surface area contributed by atoms with E-state index in [0.29, 0.717) is 44.6 Å². The second kappa shape index (κ2) is 12.0. The quantitative estimate of drug-likeness (QED) is 0.581. The Kier molecular flexibility index (Phi) is 8.11. The highest BCUT2D eigenvalue weighted by Crippen LogP contribution is 2.29. The van der Waals surface area contributed by atoms with Crippen molar-refractivity contribution in [3.05, 3.63) is 83.7 Å². The number of fused-ring (bicyclic) bond motifs is 3. The van der Waals surface area contributed by atoms with Crippen LogP contribution in [0.5, 0.6) is 5.75 Å². The van der Waals surface area contributed by atoms with Gasteiger partial charge in [-0.3, -0.25) is 14.6 Å². The Morgan fingerprint density at radius 1 is 1.00 bits per heavy atom. The maximum atomic E-state index is 13.1. The number of carbonyl (C=O) groups is 2. The van der Waals surface area contributed by atoms with E-state index in [-0.39, 0.29) is 17.9 Å². The lowest BCUT2D eigenvalue weighted by Crippen LogP contribution is -2.41. The molecule has 3 aromatic rings. The summed E-state index contributed by atoms with van der Waals surface area (Å²) in [6.45, 7) is 2.44. The molecule has 1 N–H and O–H groups in total. The summed E-state index contributed by atoms with van der Waals surface area (Å²) < 4.78 is 11.9. The van der Waals surface area contributed by atoms with Crippen molar-refractivity contribution in [1.29, 1.82) is 0 Å². The lowest BCUT2D eigenvalue weighted by molar-refractivity contribution is -0.132. The van der Waals surface area contributed by atoms with E-state index in [1.54, 1.807) is 17.3 Å². The van der Waals surface area contributed by atoms with Crippen molar-refractivity contribution in [2.24, 2.45) is 0 Å². The fraction of sp³-hybridized carbons (Fsp3) is 0.367. The Labute approximate surface area is 217 Å². The summed E-state index contributed by atoms with van der Waals surface area (Å²) in [4.78, 5) is 31.8. The van der Waals surface area contributed by atoms with Crippen molar-refractivity contribution in [1.82, 2.24) is 15.2 Å². The SMILES string of the molecule is O=C1NCCN(C(=O)CCC2CCCO2)CCOc2ccc(-c3ccncc3)cc2Cc2cccc1c2. The Balaban J connectivity index is 1.38. The lowest BCUT2D eigenvalue weighted by atomic mass is 9.97. The van der Waals surface area contributed by atoms with Gasteiger partial charge in [0.05, 0.1) is 12.6 Å². The number of ether oxygens (including phenoxy) is 2. The number of amides is 2. The maximum absolute atomic E-state index is 13.1. The number of rotatable bonds is 4. The molecule has 7 nitrogen and oxygen atoms in total. The zero-order valence-corrected chi connectivity index (χ0v) is 21.0. The van der Waals surface area contributed by atoms with Gasteiger partial charge in [0, 0.05) is 50.5 Å². The van der Waals surface area contributed by atoms with E-state index in [9.17, 15) is 9.59 Å². The van der Waals surface area contributed by atoms with Crippen LogP contribution in [0.2, 0.25) is 0 Å². The molecule has 2 aliphatic rings. The molecule has 0 aliphatic carbocycles. The van der Waals surface area contributed by atoms with Crippen molar-refractivity contribution in [3.63, 3.8) is 0 Å². The minimum atomic E-state index is -0.132. The smallest absolute Gasteiger partial charge is 0.251 e. The second-order valence-corrected chi connectivity index (χ2v) is 9.59. The number of nitrogens with zero attached hydrogens (tertiary/aromatic N) is 2. The third-order valence-electron chi connectivity index (χ3n) is 7.00. The summed E-state index contributed by atoms with van der Waals surface area (Å²) >= 11 is 0. The van der Waals surface area contributed by atoms with Crippen LogP contribution in [-0.4, -0.2) is 60.7 Å². The third kappa shape index (κ3) is 6.54. The summed E-state index contributed by atoms with van der Waals surface area (Å²) in [7, 11) is 0. The largest absolute Gasteiger partial charge is 0.491 e. The lowest BCUT2D eigenvalue weighted by Gasteiger charge is -2.24. The van der Waals surface area contributed by atoms with E-state index in [4.69, 9.17) is 9.47 Å². The van der Waals surface area contributed by atoms with Crippen LogP contribution in [0.25, 0.3) is 11.1 Å². The molecule has 5 rings (SSSR count). The van der Waals surface area contributed by atoms with Crippen LogP contribution in [0.1, 0.15) is 47.2 Å². The number of carbonyl (C=O) groups excluding carboxylic acids is 2. The highest BCUT2D eigenvalue weighted by atomic mass is 16.5.